The lowest BCUT2D eigenvalue weighted by Crippen LogP contribution is -2.35. The van der Waals surface area contributed by atoms with Crippen LogP contribution in [0.5, 0.6) is 5.75 Å². The average molecular weight is 348 g/mol. The second kappa shape index (κ2) is 8.85. The Morgan fingerprint density at radius 3 is 2.68 bits per heavy atom. The lowest BCUT2D eigenvalue weighted by atomic mass is 9.99. The maximum absolute atomic E-state index is 12.6. The highest BCUT2D eigenvalue weighted by atomic mass is 16.5. The zero-order valence-corrected chi connectivity index (χ0v) is 15.5. The van der Waals surface area contributed by atoms with Gasteiger partial charge >= 0.3 is 6.03 Å². The molecule has 1 aliphatic rings. The van der Waals surface area contributed by atoms with E-state index in [9.17, 15) is 9.59 Å². The molecule has 0 aliphatic carbocycles. The first kappa shape index (κ1) is 19.2. The second-order valence-electron chi connectivity index (χ2n) is 6.39. The van der Waals surface area contributed by atoms with Gasteiger partial charge in [0.05, 0.1) is 13.2 Å². The van der Waals surface area contributed by atoms with Crippen LogP contribution in [0.2, 0.25) is 0 Å². The van der Waals surface area contributed by atoms with Crippen LogP contribution in [0.25, 0.3) is 0 Å². The van der Waals surface area contributed by atoms with Gasteiger partial charge in [0.15, 0.2) is 0 Å². The largest absolute Gasteiger partial charge is 0.491 e. The van der Waals surface area contributed by atoms with E-state index < -0.39 is 6.04 Å². The lowest BCUT2D eigenvalue weighted by Gasteiger charge is -2.18. The van der Waals surface area contributed by atoms with Crippen LogP contribution in [0, 0.1) is 12.8 Å². The normalized spacial score (nSPS) is 18.4. The van der Waals surface area contributed by atoms with Crippen LogP contribution in [0.3, 0.4) is 0 Å². The fraction of sp³-hybridized carbons (Fsp3) is 0.579. The second-order valence-corrected chi connectivity index (χ2v) is 6.39. The Hall–Kier alpha value is -2.08. The molecule has 3 amide bonds. The van der Waals surface area contributed by atoms with Crippen LogP contribution < -0.4 is 10.1 Å². The third kappa shape index (κ3) is 4.72. The minimum absolute atomic E-state index is 0.112. The van der Waals surface area contributed by atoms with E-state index in [-0.39, 0.29) is 24.4 Å². The van der Waals surface area contributed by atoms with E-state index in [2.05, 4.69) is 5.32 Å². The molecule has 2 atom stereocenters. The van der Waals surface area contributed by atoms with Crippen molar-refractivity contribution < 1.29 is 19.1 Å². The summed E-state index contributed by atoms with van der Waals surface area (Å²) < 4.78 is 11.1. The summed E-state index contributed by atoms with van der Waals surface area (Å²) >= 11 is 0. The van der Waals surface area contributed by atoms with Crippen molar-refractivity contribution >= 4 is 11.9 Å². The first-order valence-corrected chi connectivity index (χ1v) is 8.89. The lowest BCUT2D eigenvalue weighted by molar-refractivity contribution is -0.128. The first-order chi connectivity index (χ1) is 12.0. The maximum atomic E-state index is 12.6. The summed E-state index contributed by atoms with van der Waals surface area (Å²) in [4.78, 5) is 26.1. The maximum Gasteiger partial charge on any atom is 0.325 e. The topological polar surface area (TPSA) is 67.9 Å². The monoisotopic (exact) mass is 348 g/mol. The van der Waals surface area contributed by atoms with Gasteiger partial charge in [0, 0.05) is 12.2 Å². The van der Waals surface area contributed by atoms with Crippen LogP contribution in [-0.2, 0) is 16.1 Å². The number of nitrogens with zero attached hydrogens (tertiary/aromatic N) is 1. The minimum atomic E-state index is -0.440. The molecule has 1 aliphatic heterocycles. The van der Waals surface area contributed by atoms with Gasteiger partial charge in [-0.1, -0.05) is 32.4 Å². The van der Waals surface area contributed by atoms with Crippen molar-refractivity contribution in [3.05, 3.63) is 29.3 Å². The molecule has 1 saturated heterocycles. The van der Waals surface area contributed by atoms with Gasteiger partial charge in [0.25, 0.3) is 5.91 Å². The van der Waals surface area contributed by atoms with Gasteiger partial charge < -0.3 is 14.8 Å². The molecule has 0 bridgehead atoms. The third-order valence-electron chi connectivity index (χ3n) is 4.51. The molecular weight excluding hydrogens is 320 g/mol. The molecule has 1 fully saturated rings. The molecule has 6 nitrogen and oxygen atoms in total. The molecule has 1 N–H and O–H groups in total. The van der Waals surface area contributed by atoms with Gasteiger partial charge in [-0.15, -0.1) is 0 Å². The van der Waals surface area contributed by atoms with Gasteiger partial charge in [-0.2, -0.15) is 0 Å². The molecule has 1 aromatic carbocycles. The number of benzene rings is 1. The Kier molecular flexibility index (Phi) is 6.82. The highest BCUT2D eigenvalue weighted by molar-refractivity contribution is 6.04. The highest BCUT2D eigenvalue weighted by Gasteiger charge is 2.40. The Labute approximate surface area is 149 Å². The number of amides is 3. The Morgan fingerprint density at radius 1 is 1.24 bits per heavy atom. The van der Waals surface area contributed by atoms with Crippen LogP contribution >= 0.6 is 0 Å². The molecule has 0 aromatic heterocycles. The van der Waals surface area contributed by atoms with Crippen LogP contribution in [-0.4, -0.2) is 42.7 Å². The van der Waals surface area contributed by atoms with Crippen LogP contribution in [0.1, 0.15) is 38.3 Å². The molecule has 2 rings (SSSR count). The molecule has 6 heteroatoms. The summed E-state index contributed by atoms with van der Waals surface area (Å²) in [6, 6.07) is 5.00. The van der Waals surface area contributed by atoms with E-state index in [0.29, 0.717) is 25.6 Å². The zero-order valence-electron chi connectivity index (χ0n) is 15.5. The van der Waals surface area contributed by atoms with Crippen molar-refractivity contribution in [1.82, 2.24) is 10.2 Å². The number of ether oxygens (including phenoxy) is 2. The Balaban J connectivity index is 2.11. The highest BCUT2D eigenvalue weighted by Crippen LogP contribution is 2.25. The van der Waals surface area contributed by atoms with Crippen molar-refractivity contribution in [3.63, 3.8) is 0 Å². The molecule has 1 aromatic rings. The first-order valence-electron chi connectivity index (χ1n) is 8.89. The predicted molar refractivity (Wildman–Crippen MR) is 95.5 cm³/mol. The Morgan fingerprint density at radius 2 is 2.00 bits per heavy atom. The molecular formula is C19H28N2O4. The summed E-state index contributed by atoms with van der Waals surface area (Å²) in [5.74, 6) is 0.633. The van der Waals surface area contributed by atoms with Gasteiger partial charge in [-0.25, -0.2) is 4.79 Å². The van der Waals surface area contributed by atoms with E-state index >= 15 is 0 Å². The van der Waals surface area contributed by atoms with E-state index in [1.165, 1.54) is 4.90 Å². The summed E-state index contributed by atoms with van der Waals surface area (Å²) in [7, 11) is 0. The van der Waals surface area contributed by atoms with Crippen LogP contribution in [0.15, 0.2) is 18.2 Å². The van der Waals surface area contributed by atoms with Gasteiger partial charge in [0.2, 0.25) is 0 Å². The third-order valence-corrected chi connectivity index (χ3v) is 4.51. The predicted octanol–water partition coefficient (Wildman–Crippen LogP) is 2.88. The van der Waals surface area contributed by atoms with Crippen LogP contribution in [0.4, 0.5) is 4.79 Å². The molecule has 0 unspecified atom stereocenters. The summed E-state index contributed by atoms with van der Waals surface area (Å²) in [5.41, 5.74) is 1.88. The van der Waals surface area contributed by atoms with Gasteiger partial charge in [-0.05, 0) is 31.4 Å². The standard InChI is InChI=1S/C19H28N2O4/c1-5-14(4)17-18(22)21(19(23)20-17)12-15-8-7-13(3)11-16(15)25-10-9-24-6-2/h7-8,11,14,17H,5-6,9-10,12H2,1-4H3,(H,20,23)/t14-,17-/m0/s1. The van der Waals surface area contributed by atoms with E-state index in [0.717, 1.165) is 17.5 Å². The quantitative estimate of drug-likeness (QED) is 0.550. The molecule has 25 heavy (non-hydrogen) atoms. The number of carbonyl (C=O) groups is 2. The molecule has 138 valence electrons. The number of urea groups is 1. The fourth-order valence-corrected chi connectivity index (χ4v) is 2.76. The van der Waals surface area contributed by atoms with E-state index in [4.69, 9.17) is 9.47 Å². The molecule has 0 saturated carbocycles. The fourth-order valence-electron chi connectivity index (χ4n) is 2.76. The number of carbonyl (C=O) groups excluding carboxylic acids is 2. The molecule has 1 heterocycles. The molecule has 0 spiro atoms. The van der Waals surface area contributed by atoms with Crippen molar-refractivity contribution in [2.24, 2.45) is 5.92 Å². The number of nitrogens with one attached hydrogen (secondary N) is 1. The van der Waals surface area contributed by atoms with E-state index in [1.807, 2.05) is 45.9 Å². The summed E-state index contributed by atoms with van der Waals surface area (Å²) in [5, 5.41) is 2.79. The smallest absolute Gasteiger partial charge is 0.325 e. The number of hydrogen-bond donors (Lipinski definition) is 1. The van der Waals surface area contributed by atoms with E-state index in [1.54, 1.807) is 0 Å². The van der Waals surface area contributed by atoms with Crippen molar-refractivity contribution in [2.45, 2.75) is 46.7 Å². The zero-order chi connectivity index (χ0) is 18.4. The van der Waals surface area contributed by atoms with Crippen molar-refractivity contribution in [1.29, 1.82) is 0 Å². The number of imide groups is 1. The molecule has 0 radical (unpaired) electrons. The van der Waals surface area contributed by atoms with Crippen molar-refractivity contribution in [2.75, 3.05) is 19.8 Å². The number of hydrogen-bond acceptors (Lipinski definition) is 4. The van der Waals surface area contributed by atoms with Crippen molar-refractivity contribution in [3.8, 4) is 5.75 Å². The van der Waals surface area contributed by atoms with Gasteiger partial charge in [0.1, 0.15) is 18.4 Å². The summed E-state index contributed by atoms with van der Waals surface area (Å²) in [6.45, 7) is 9.68. The average Bonchev–Trinajstić information content (AvgIpc) is 2.88. The number of rotatable bonds is 9. The summed E-state index contributed by atoms with van der Waals surface area (Å²) in [6.07, 6.45) is 0.834. The SMILES string of the molecule is CCOCCOc1cc(C)ccc1CN1C(=O)N[C@@H]([C@@H](C)CC)C1=O. The van der Waals surface area contributed by atoms with Gasteiger partial charge in [-0.3, -0.25) is 9.69 Å². The number of aryl methyl sites for hydroxylation is 1. The minimum Gasteiger partial charge on any atom is -0.491 e. The Bertz CT molecular complexity index is 617.